The van der Waals surface area contributed by atoms with Crippen molar-refractivity contribution in [2.24, 2.45) is 0 Å². The van der Waals surface area contributed by atoms with E-state index in [1.54, 1.807) is 21.9 Å². The molecule has 0 saturated carbocycles. The maximum atomic E-state index is 14.1. The number of halogens is 1. The first-order chi connectivity index (χ1) is 20.6. The number of carbonyl (C=O) groups excluding carboxylic acids is 3. The van der Waals surface area contributed by atoms with Crippen LogP contribution in [0.4, 0.5) is 19.7 Å². The van der Waals surface area contributed by atoms with Gasteiger partial charge in [-0.2, -0.15) is 0 Å². The van der Waals surface area contributed by atoms with Gasteiger partial charge in [-0.1, -0.05) is 26.0 Å². The molecule has 4 heterocycles. The van der Waals surface area contributed by atoms with E-state index in [4.69, 9.17) is 14.5 Å². The van der Waals surface area contributed by atoms with Gasteiger partial charge in [0.25, 0.3) is 0 Å². The van der Waals surface area contributed by atoms with Crippen LogP contribution >= 0.6 is 0 Å². The summed E-state index contributed by atoms with van der Waals surface area (Å²) >= 11 is 0. The molecule has 5 rings (SSSR count). The first-order valence-electron chi connectivity index (χ1n) is 15.3. The molecule has 238 valence electrons. The number of hydrogen-bond donors (Lipinski definition) is 0. The third-order valence-electron chi connectivity index (χ3n) is 8.42. The van der Waals surface area contributed by atoms with E-state index in [0.29, 0.717) is 39.1 Å². The highest BCUT2D eigenvalue weighted by molar-refractivity contribution is 5.97. The Balaban J connectivity index is 1.36. The lowest BCUT2D eigenvalue weighted by atomic mass is 9.91. The molecule has 1 aromatic carbocycles. The summed E-state index contributed by atoms with van der Waals surface area (Å²) in [5.41, 5.74) is 2.56. The fourth-order valence-corrected chi connectivity index (χ4v) is 6.32. The highest BCUT2D eigenvalue weighted by Gasteiger charge is 2.43. The van der Waals surface area contributed by atoms with E-state index in [1.807, 2.05) is 51.8 Å². The summed E-state index contributed by atoms with van der Waals surface area (Å²) in [7, 11) is 0. The van der Waals surface area contributed by atoms with E-state index in [1.165, 1.54) is 12.1 Å². The molecule has 11 heteroatoms. The van der Waals surface area contributed by atoms with Crippen LogP contribution in [0.25, 0.3) is 0 Å². The first-order valence-corrected chi connectivity index (χ1v) is 15.3. The molecule has 2 fully saturated rings. The minimum atomic E-state index is -0.646. The summed E-state index contributed by atoms with van der Waals surface area (Å²) in [4.78, 5) is 51.8. The Bertz CT molecular complexity index is 1410. The minimum absolute atomic E-state index is 0.0714. The number of amides is 3. The molecule has 2 saturated heterocycles. The van der Waals surface area contributed by atoms with Crippen LogP contribution in [0, 0.1) is 5.82 Å². The van der Waals surface area contributed by atoms with Crippen LogP contribution in [0.3, 0.4) is 0 Å². The number of anilines is 1. The maximum absolute atomic E-state index is 14.1. The predicted molar refractivity (Wildman–Crippen MR) is 164 cm³/mol. The van der Waals surface area contributed by atoms with Gasteiger partial charge in [-0.3, -0.25) is 14.7 Å². The van der Waals surface area contributed by atoms with Gasteiger partial charge < -0.3 is 24.2 Å². The zero-order chi connectivity index (χ0) is 32.0. The molecule has 2 aromatic rings. The maximum Gasteiger partial charge on any atom is 0.410 e. The fraction of sp³-hybridized carbons (Fsp3) is 0.576. The molecule has 3 atom stereocenters. The summed E-state index contributed by atoms with van der Waals surface area (Å²) in [6, 6.07) is 7.91. The largest absolute Gasteiger partial charge is 0.445 e. The molecule has 44 heavy (non-hydrogen) atoms. The van der Waals surface area contributed by atoms with Gasteiger partial charge in [-0.25, -0.2) is 14.0 Å². The van der Waals surface area contributed by atoms with E-state index >= 15 is 0 Å². The van der Waals surface area contributed by atoms with Crippen LogP contribution in [0.5, 0.6) is 0 Å². The Morgan fingerprint density at radius 1 is 1.09 bits per heavy atom. The Hall–Kier alpha value is -3.73. The molecule has 3 aliphatic rings. The molecule has 0 aliphatic carbocycles. The van der Waals surface area contributed by atoms with Crippen molar-refractivity contribution in [1.29, 1.82) is 0 Å². The van der Waals surface area contributed by atoms with E-state index in [2.05, 4.69) is 18.7 Å². The van der Waals surface area contributed by atoms with E-state index in [0.717, 1.165) is 22.5 Å². The number of pyridine rings is 1. The Morgan fingerprint density at radius 2 is 1.80 bits per heavy atom. The highest BCUT2D eigenvalue weighted by atomic mass is 19.1. The summed E-state index contributed by atoms with van der Waals surface area (Å²) in [6.07, 6.45) is 1.39. The predicted octanol–water partition coefficient (Wildman–Crippen LogP) is 4.59. The smallest absolute Gasteiger partial charge is 0.410 e. The number of nitrogens with zero attached hydrogens (tertiary/aromatic N) is 5. The number of benzene rings is 1. The van der Waals surface area contributed by atoms with Crippen molar-refractivity contribution in [2.45, 2.75) is 84.1 Å². The van der Waals surface area contributed by atoms with Crippen LogP contribution in [0.1, 0.15) is 65.3 Å². The van der Waals surface area contributed by atoms with Crippen molar-refractivity contribution < 1.29 is 28.2 Å². The highest BCUT2D eigenvalue weighted by Crippen LogP contribution is 2.40. The Labute approximate surface area is 259 Å². The van der Waals surface area contributed by atoms with Gasteiger partial charge in [0.1, 0.15) is 17.5 Å². The molecule has 3 amide bonds. The average molecular weight is 610 g/mol. The number of hydrogen-bond acceptors (Lipinski definition) is 7. The van der Waals surface area contributed by atoms with Gasteiger partial charge in [0.2, 0.25) is 5.91 Å². The lowest BCUT2D eigenvalue weighted by molar-refractivity contribution is -0.121. The van der Waals surface area contributed by atoms with Gasteiger partial charge in [-0.15, -0.1) is 0 Å². The molecule has 0 spiro atoms. The lowest BCUT2D eigenvalue weighted by Crippen LogP contribution is -2.63. The summed E-state index contributed by atoms with van der Waals surface area (Å²) in [6.45, 7) is 15.6. The Kier molecular flexibility index (Phi) is 8.63. The number of carbonyl (C=O) groups is 3. The topological polar surface area (TPSA) is 95.5 Å². The van der Waals surface area contributed by atoms with Crippen molar-refractivity contribution in [3.8, 4) is 0 Å². The fourth-order valence-electron chi connectivity index (χ4n) is 6.32. The van der Waals surface area contributed by atoms with Crippen LogP contribution in [-0.4, -0.2) is 101 Å². The van der Waals surface area contributed by atoms with Crippen molar-refractivity contribution in [3.05, 3.63) is 59.2 Å². The van der Waals surface area contributed by atoms with Gasteiger partial charge in [-0.05, 0) is 70.4 Å². The second-order valence-corrected chi connectivity index (χ2v) is 14.0. The number of aromatic nitrogens is 1. The Morgan fingerprint density at radius 3 is 2.43 bits per heavy atom. The van der Waals surface area contributed by atoms with Crippen molar-refractivity contribution in [1.82, 2.24) is 19.7 Å². The molecular weight excluding hydrogens is 565 g/mol. The van der Waals surface area contributed by atoms with Crippen molar-refractivity contribution in [3.63, 3.8) is 0 Å². The SMILES string of the molecule is CC1CN(C[C@H]2CN(C(=O)OC(C)(C)C)[C@H](C)CN2CC(=O)N2CC(C)(C)c3ncc(Cc4ccc(F)cc4)cc32)C(=O)O1. The standard InChI is InChI=1S/C33H44FN5O5/c1-21-15-36(26(17-37-16-22(2)43-30(37)41)18-38(21)31(42)44-32(3,4)5)19-28(40)39-20-33(6,7)29-27(39)13-24(14-35-29)12-23-8-10-25(34)11-9-23/h8-11,13-14,21-22,26H,12,15-20H2,1-7H3/t21-,22?,26+/m1/s1. The monoisotopic (exact) mass is 609 g/mol. The van der Waals surface area contributed by atoms with Gasteiger partial charge in [0, 0.05) is 49.9 Å². The quantitative estimate of drug-likeness (QED) is 0.473. The van der Waals surface area contributed by atoms with Crippen molar-refractivity contribution >= 4 is 23.8 Å². The molecule has 0 N–H and O–H groups in total. The van der Waals surface area contributed by atoms with Crippen LogP contribution < -0.4 is 4.90 Å². The second-order valence-electron chi connectivity index (χ2n) is 14.0. The van der Waals surface area contributed by atoms with Crippen LogP contribution in [-0.2, 0) is 26.1 Å². The van der Waals surface area contributed by atoms with E-state index < -0.39 is 11.7 Å². The van der Waals surface area contributed by atoms with E-state index in [-0.39, 0.29) is 48.0 Å². The number of rotatable bonds is 6. The summed E-state index contributed by atoms with van der Waals surface area (Å²) in [5, 5.41) is 0. The van der Waals surface area contributed by atoms with Gasteiger partial charge in [0.15, 0.2) is 0 Å². The zero-order valence-electron chi connectivity index (χ0n) is 26.8. The number of ether oxygens (including phenoxy) is 2. The van der Waals surface area contributed by atoms with E-state index in [9.17, 15) is 18.8 Å². The molecule has 10 nitrogen and oxygen atoms in total. The average Bonchev–Trinajstić information content (AvgIpc) is 3.38. The molecule has 0 radical (unpaired) electrons. The molecular formula is C33H44FN5O5. The van der Waals surface area contributed by atoms with Crippen LogP contribution in [0.2, 0.25) is 0 Å². The zero-order valence-corrected chi connectivity index (χ0v) is 26.8. The molecule has 1 unspecified atom stereocenters. The molecule has 3 aliphatic heterocycles. The normalized spacial score (nSPS) is 23.5. The minimum Gasteiger partial charge on any atom is -0.445 e. The number of piperazine rings is 1. The molecule has 1 aromatic heterocycles. The number of fused-ring (bicyclic) bond motifs is 1. The van der Waals surface area contributed by atoms with Crippen LogP contribution in [0.15, 0.2) is 36.5 Å². The van der Waals surface area contributed by atoms with Crippen molar-refractivity contribution in [2.75, 3.05) is 44.2 Å². The third kappa shape index (κ3) is 6.98. The van der Waals surface area contributed by atoms with Gasteiger partial charge in [0.05, 0.1) is 24.5 Å². The third-order valence-corrected chi connectivity index (χ3v) is 8.42. The summed E-state index contributed by atoms with van der Waals surface area (Å²) < 4.78 is 24.5. The lowest BCUT2D eigenvalue weighted by Gasteiger charge is -2.46. The van der Waals surface area contributed by atoms with Gasteiger partial charge >= 0.3 is 12.2 Å². The number of cyclic esters (lactones) is 1. The summed E-state index contributed by atoms with van der Waals surface area (Å²) in [5.74, 6) is -0.354. The first kappa shape index (κ1) is 31.7. The second kappa shape index (κ2) is 12.0. The molecule has 0 bridgehead atoms.